The summed E-state index contributed by atoms with van der Waals surface area (Å²) in [5, 5.41) is 8.90. The maximum Gasteiger partial charge on any atom is 0.237 e. The van der Waals surface area contributed by atoms with E-state index in [2.05, 4.69) is 36.8 Å². The molecule has 0 saturated carbocycles. The summed E-state index contributed by atoms with van der Waals surface area (Å²) in [7, 11) is 0. The zero-order valence-corrected chi connectivity index (χ0v) is 11.4. The quantitative estimate of drug-likeness (QED) is 0.919. The molecule has 2 rings (SSSR count). The smallest absolute Gasteiger partial charge is 0.237 e. The lowest BCUT2D eigenvalue weighted by atomic mass is 9.87. The van der Waals surface area contributed by atoms with Gasteiger partial charge in [-0.1, -0.05) is 32.9 Å². The van der Waals surface area contributed by atoms with Gasteiger partial charge in [0.2, 0.25) is 5.88 Å². The molecule has 0 atom stereocenters. The molecule has 1 N–H and O–H groups in total. The Morgan fingerprint density at radius 3 is 2.53 bits per heavy atom. The second-order valence-electron chi connectivity index (χ2n) is 5.38. The molecule has 0 aliphatic heterocycles. The van der Waals surface area contributed by atoms with E-state index in [4.69, 9.17) is 9.84 Å². The summed E-state index contributed by atoms with van der Waals surface area (Å²) in [6.07, 6.45) is 3.01. The molecular weight excluding hydrogens is 240 g/mol. The molecule has 4 nitrogen and oxygen atoms in total. The maximum absolute atomic E-state index is 8.90. The van der Waals surface area contributed by atoms with Crippen LogP contribution in [0.1, 0.15) is 32.0 Å². The van der Waals surface area contributed by atoms with Gasteiger partial charge in [0.05, 0.1) is 24.7 Å². The minimum Gasteiger partial charge on any atom is -0.437 e. The highest BCUT2D eigenvalue weighted by Crippen LogP contribution is 2.27. The van der Waals surface area contributed by atoms with Crippen molar-refractivity contribution in [3.63, 3.8) is 0 Å². The van der Waals surface area contributed by atoms with Crippen molar-refractivity contribution < 1.29 is 9.84 Å². The molecule has 1 aromatic heterocycles. The molecule has 0 amide bonds. The van der Waals surface area contributed by atoms with Crippen molar-refractivity contribution in [2.45, 2.75) is 32.8 Å². The molecule has 2 aromatic rings. The Labute approximate surface area is 113 Å². The van der Waals surface area contributed by atoms with Gasteiger partial charge in [0.15, 0.2) is 0 Å². The maximum atomic E-state index is 8.90. The van der Waals surface area contributed by atoms with Crippen LogP contribution in [0.5, 0.6) is 11.6 Å². The van der Waals surface area contributed by atoms with Gasteiger partial charge in [-0.15, -0.1) is 0 Å². The third kappa shape index (κ3) is 3.51. The Balaban J connectivity index is 2.18. The largest absolute Gasteiger partial charge is 0.437 e. The zero-order chi connectivity index (χ0) is 13.9. The van der Waals surface area contributed by atoms with E-state index in [0.717, 1.165) is 5.75 Å². The van der Waals surface area contributed by atoms with Crippen LogP contribution in [0.15, 0.2) is 36.7 Å². The van der Waals surface area contributed by atoms with E-state index in [9.17, 15) is 0 Å². The molecule has 100 valence electrons. The second-order valence-corrected chi connectivity index (χ2v) is 5.38. The van der Waals surface area contributed by atoms with E-state index in [1.807, 2.05) is 18.2 Å². The van der Waals surface area contributed by atoms with E-state index in [1.165, 1.54) is 18.0 Å². The average Bonchev–Trinajstić information content (AvgIpc) is 2.39. The van der Waals surface area contributed by atoms with Gasteiger partial charge in [-0.2, -0.15) is 0 Å². The van der Waals surface area contributed by atoms with Crippen LogP contribution in [-0.4, -0.2) is 15.1 Å². The van der Waals surface area contributed by atoms with Crippen LogP contribution in [0.4, 0.5) is 0 Å². The molecule has 0 aliphatic carbocycles. The summed E-state index contributed by atoms with van der Waals surface area (Å²) >= 11 is 0. The van der Waals surface area contributed by atoms with Gasteiger partial charge in [-0.05, 0) is 23.1 Å². The molecule has 1 aromatic carbocycles. The number of hydrogen-bond acceptors (Lipinski definition) is 4. The third-order valence-electron chi connectivity index (χ3n) is 2.77. The molecule has 0 aliphatic rings. The van der Waals surface area contributed by atoms with Gasteiger partial charge in [-0.25, -0.2) is 4.98 Å². The number of hydrogen-bond donors (Lipinski definition) is 1. The first-order valence-corrected chi connectivity index (χ1v) is 6.19. The number of aliphatic hydroxyl groups excluding tert-OH is 1. The van der Waals surface area contributed by atoms with Gasteiger partial charge in [0.25, 0.3) is 0 Å². The number of rotatable bonds is 3. The van der Waals surface area contributed by atoms with Crippen LogP contribution in [0.3, 0.4) is 0 Å². The van der Waals surface area contributed by atoms with E-state index >= 15 is 0 Å². The summed E-state index contributed by atoms with van der Waals surface area (Å²) in [4.78, 5) is 8.12. The topological polar surface area (TPSA) is 55.2 Å². The summed E-state index contributed by atoms with van der Waals surface area (Å²) in [6, 6.07) is 7.93. The van der Waals surface area contributed by atoms with Gasteiger partial charge in [-0.3, -0.25) is 4.98 Å². The van der Waals surface area contributed by atoms with Crippen LogP contribution < -0.4 is 4.74 Å². The van der Waals surface area contributed by atoms with Crippen LogP contribution in [0.25, 0.3) is 0 Å². The third-order valence-corrected chi connectivity index (χ3v) is 2.77. The summed E-state index contributed by atoms with van der Waals surface area (Å²) in [6.45, 7) is 6.35. The number of benzene rings is 1. The summed E-state index contributed by atoms with van der Waals surface area (Å²) in [5.74, 6) is 1.15. The predicted molar refractivity (Wildman–Crippen MR) is 73.2 cm³/mol. The first kappa shape index (κ1) is 13.5. The Morgan fingerprint density at radius 2 is 1.95 bits per heavy atom. The number of aliphatic hydroxyl groups is 1. The molecule has 0 unspecified atom stereocenters. The van der Waals surface area contributed by atoms with E-state index < -0.39 is 0 Å². The zero-order valence-electron chi connectivity index (χ0n) is 11.4. The molecule has 0 radical (unpaired) electrons. The van der Waals surface area contributed by atoms with Crippen LogP contribution in [0, 0.1) is 0 Å². The Bertz CT molecular complexity index is 545. The lowest BCUT2D eigenvalue weighted by Gasteiger charge is -2.19. The molecular formula is C15H18N2O2. The lowest BCUT2D eigenvalue weighted by Crippen LogP contribution is -2.10. The minimum absolute atomic E-state index is 0.0752. The molecule has 0 bridgehead atoms. The van der Waals surface area contributed by atoms with Crippen LogP contribution in [0.2, 0.25) is 0 Å². The number of nitrogens with zero attached hydrogens (tertiary/aromatic N) is 2. The fourth-order valence-electron chi connectivity index (χ4n) is 1.62. The first-order chi connectivity index (χ1) is 8.99. The van der Waals surface area contributed by atoms with Crippen molar-refractivity contribution in [1.82, 2.24) is 9.97 Å². The van der Waals surface area contributed by atoms with Crippen molar-refractivity contribution >= 4 is 0 Å². The normalized spacial score (nSPS) is 11.4. The molecule has 0 saturated heterocycles. The van der Waals surface area contributed by atoms with Crippen molar-refractivity contribution in [3.05, 3.63) is 47.9 Å². The molecule has 4 heteroatoms. The van der Waals surface area contributed by atoms with Gasteiger partial charge < -0.3 is 9.84 Å². The van der Waals surface area contributed by atoms with Gasteiger partial charge >= 0.3 is 0 Å². The standard InChI is InChI=1S/C15H18N2O2/c1-15(2,3)11-5-4-6-13(7-11)19-14-9-16-12(10-18)8-17-14/h4-9,18H,10H2,1-3H3. The Morgan fingerprint density at radius 1 is 1.16 bits per heavy atom. The molecule has 0 fully saturated rings. The highest BCUT2D eigenvalue weighted by molar-refractivity contribution is 5.34. The Kier molecular flexibility index (Phi) is 3.81. The van der Waals surface area contributed by atoms with Crippen LogP contribution in [-0.2, 0) is 12.0 Å². The highest BCUT2D eigenvalue weighted by Gasteiger charge is 2.14. The van der Waals surface area contributed by atoms with Crippen molar-refractivity contribution in [3.8, 4) is 11.6 Å². The summed E-state index contributed by atoms with van der Waals surface area (Å²) < 4.78 is 5.66. The number of ether oxygens (including phenoxy) is 1. The van der Waals surface area contributed by atoms with Crippen molar-refractivity contribution in [1.29, 1.82) is 0 Å². The average molecular weight is 258 g/mol. The van der Waals surface area contributed by atoms with E-state index in [1.54, 1.807) is 0 Å². The van der Waals surface area contributed by atoms with Crippen molar-refractivity contribution in [2.75, 3.05) is 0 Å². The number of aromatic nitrogens is 2. The van der Waals surface area contributed by atoms with Crippen molar-refractivity contribution in [2.24, 2.45) is 0 Å². The van der Waals surface area contributed by atoms with Crippen LogP contribution >= 0.6 is 0 Å². The SMILES string of the molecule is CC(C)(C)c1cccc(Oc2cnc(CO)cn2)c1. The van der Waals surface area contributed by atoms with Gasteiger partial charge in [0.1, 0.15) is 5.75 Å². The first-order valence-electron chi connectivity index (χ1n) is 6.19. The lowest BCUT2D eigenvalue weighted by molar-refractivity contribution is 0.276. The van der Waals surface area contributed by atoms with E-state index in [-0.39, 0.29) is 12.0 Å². The molecule has 0 spiro atoms. The fourth-order valence-corrected chi connectivity index (χ4v) is 1.62. The highest BCUT2D eigenvalue weighted by atomic mass is 16.5. The fraction of sp³-hybridized carbons (Fsp3) is 0.333. The van der Waals surface area contributed by atoms with E-state index in [0.29, 0.717) is 11.6 Å². The Hall–Kier alpha value is -1.94. The van der Waals surface area contributed by atoms with Gasteiger partial charge in [0, 0.05) is 0 Å². The molecule has 19 heavy (non-hydrogen) atoms. The predicted octanol–water partition coefficient (Wildman–Crippen LogP) is 3.06. The molecule has 1 heterocycles. The minimum atomic E-state index is -0.118. The monoisotopic (exact) mass is 258 g/mol. The summed E-state index contributed by atoms with van der Waals surface area (Å²) in [5.41, 5.74) is 1.80. The second kappa shape index (κ2) is 5.36.